The molecule has 2 aromatic carbocycles. The summed E-state index contributed by atoms with van der Waals surface area (Å²) in [6.07, 6.45) is 2.28. The molecule has 3 aromatic rings. The summed E-state index contributed by atoms with van der Waals surface area (Å²) in [4.78, 5) is 54.2. The molecule has 1 aliphatic rings. The molecule has 1 fully saturated rings. The molecule has 2 heterocycles. The molecule has 10 heteroatoms. The highest BCUT2D eigenvalue weighted by atomic mass is 32.2. The molecule has 0 aliphatic carbocycles. The van der Waals surface area contributed by atoms with Crippen LogP contribution in [0.3, 0.4) is 0 Å². The predicted molar refractivity (Wildman–Crippen MR) is 158 cm³/mol. The lowest BCUT2D eigenvalue weighted by Gasteiger charge is -2.22. The van der Waals surface area contributed by atoms with E-state index in [9.17, 15) is 19.2 Å². The molecule has 1 aromatic heterocycles. The normalized spacial score (nSPS) is 17.0. The zero-order valence-corrected chi connectivity index (χ0v) is 24.6. The summed E-state index contributed by atoms with van der Waals surface area (Å²) in [6.45, 7) is 6.15. The lowest BCUT2D eigenvalue weighted by Crippen LogP contribution is -2.46. The SMILES string of the molecule is CC(C)CC(=O)OC(C)c1ccc(CCOc2ccc(C[C@@]3(C(=O)OCc4ccccc4)SC(=O)NC3=O)cc2)nc1. The minimum atomic E-state index is -1.70. The van der Waals surface area contributed by atoms with Gasteiger partial charge in [0, 0.05) is 36.7 Å². The third-order valence-electron chi connectivity index (χ3n) is 6.60. The lowest BCUT2D eigenvalue weighted by atomic mass is 9.97. The van der Waals surface area contributed by atoms with Crippen molar-refractivity contribution >= 4 is 34.8 Å². The number of thioether (sulfide) groups is 1. The third kappa shape index (κ3) is 8.19. The maximum absolute atomic E-state index is 13.1. The van der Waals surface area contributed by atoms with Gasteiger partial charge in [-0.15, -0.1) is 0 Å². The minimum absolute atomic E-state index is 0.00140. The van der Waals surface area contributed by atoms with Crippen LogP contribution in [0.25, 0.3) is 0 Å². The number of ether oxygens (including phenoxy) is 3. The molecule has 1 N–H and O–H groups in total. The third-order valence-corrected chi connectivity index (χ3v) is 7.73. The number of carbonyl (C=O) groups excluding carboxylic acids is 4. The Kier molecular flexibility index (Phi) is 10.4. The van der Waals surface area contributed by atoms with Crippen LogP contribution in [-0.4, -0.2) is 39.4 Å². The van der Waals surface area contributed by atoms with Crippen molar-refractivity contribution in [1.82, 2.24) is 10.3 Å². The van der Waals surface area contributed by atoms with Crippen LogP contribution in [0.5, 0.6) is 5.75 Å². The molecule has 2 atom stereocenters. The second kappa shape index (κ2) is 14.1. The predicted octanol–water partition coefficient (Wildman–Crippen LogP) is 5.36. The van der Waals surface area contributed by atoms with E-state index in [2.05, 4.69) is 10.3 Å². The van der Waals surface area contributed by atoms with Crippen molar-refractivity contribution in [2.75, 3.05) is 6.61 Å². The second-order valence-electron chi connectivity index (χ2n) is 10.5. The van der Waals surface area contributed by atoms with Gasteiger partial charge >= 0.3 is 11.9 Å². The van der Waals surface area contributed by atoms with E-state index in [0.29, 0.717) is 42.5 Å². The van der Waals surface area contributed by atoms with Crippen LogP contribution in [0.1, 0.15) is 55.7 Å². The van der Waals surface area contributed by atoms with Gasteiger partial charge in [0.25, 0.3) is 11.1 Å². The molecule has 1 unspecified atom stereocenters. The van der Waals surface area contributed by atoms with Crippen molar-refractivity contribution in [2.24, 2.45) is 5.92 Å². The Balaban J connectivity index is 1.30. The van der Waals surface area contributed by atoms with Crippen molar-refractivity contribution in [3.05, 3.63) is 95.3 Å². The van der Waals surface area contributed by atoms with Gasteiger partial charge in [-0.2, -0.15) is 0 Å². The Morgan fingerprint density at radius 3 is 2.31 bits per heavy atom. The second-order valence-corrected chi connectivity index (χ2v) is 11.7. The molecule has 42 heavy (non-hydrogen) atoms. The van der Waals surface area contributed by atoms with Crippen LogP contribution in [0, 0.1) is 5.92 Å². The maximum atomic E-state index is 13.1. The summed E-state index contributed by atoms with van der Waals surface area (Å²) in [5.41, 5.74) is 3.11. The van der Waals surface area contributed by atoms with Gasteiger partial charge in [-0.1, -0.05) is 62.4 Å². The van der Waals surface area contributed by atoms with Crippen molar-refractivity contribution < 1.29 is 33.4 Å². The van der Waals surface area contributed by atoms with E-state index in [1.165, 1.54) is 0 Å². The molecule has 1 saturated heterocycles. The highest BCUT2D eigenvalue weighted by Gasteiger charge is 2.55. The highest BCUT2D eigenvalue weighted by Crippen LogP contribution is 2.37. The minimum Gasteiger partial charge on any atom is -0.493 e. The van der Waals surface area contributed by atoms with E-state index in [4.69, 9.17) is 14.2 Å². The number of carbonyl (C=O) groups is 4. The van der Waals surface area contributed by atoms with Gasteiger partial charge in [0.05, 0.1) is 6.61 Å². The van der Waals surface area contributed by atoms with E-state index < -0.39 is 21.9 Å². The number of nitrogens with one attached hydrogen (secondary N) is 1. The van der Waals surface area contributed by atoms with Crippen LogP contribution in [0.4, 0.5) is 4.79 Å². The van der Waals surface area contributed by atoms with Gasteiger partial charge in [0.2, 0.25) is 4.75 Å². The Morgan fingerprint density at radius 2 is 1.69 bits per heavy atom. The number of esters is 2. The number of nitrogens with zero attached hydrogens (tertiary/aromatic N) is 1. The average molecular weight is 591 g/mol. The van der Waals surface area contributed by atoms with Gasteiger partial charge < -0.3 is 14.2 Å². The number of imide groups is 1. The first kappa shape index (κ1) is 30.8. The fraction of sp³-hybridized carbons (Fsp3) is 0.344. The molecular formula is C32H34N2O7S. The van der Waals surface area contributed by atoms with Crippen molar-refractivity contribution in [2.45, 2.75) is 57.5 Å². The van der Waals surface area contributed by atoms with Crippen LogP contribution in [0.2, 0.25) is 0 Å². The summed E-state index contributed by atoms with van der Waals surface area (Å²) < 4.78 is 15.1. The van der Waals surface area contributed by atoms with Crippen LogP contribution < -0.4 is 10.1 Å². The number of pyridine rings is 1. The topological polar surface area (TPSA) is 121 Å². The zero-order chi connectivity index (χ0) is 30.1. The standard InChI is InChI=1S/C32H34N2O7S/c1-21(2)17-28(35)41-22(3)25-11-12-26(33-19-25)15-16-39-27-13-9-23(10-14-27)18-32(29(36)34-31(38)42-32)30(37)40-20-24-7-5-4-6-8-24/h4-14,19,21-22H,15-18,20H2,1-3H3,(H,34,36,38)/t22?,32-/m1/s1. The molecule has 1 aliphatic heterocycles. The van der Waals surface area contributed by atoms with Gasteiger partial charge in [0.1, 0.15) is 18.5 Å². The van der Waals surface area contributed by atoms with E-state index in [1.54, 1.807) is 30.5 Å². The fourth-order valence-electron chi connectivity index (χ4n) is 4.32. The molecule has 4 rings (SSSR count). The van der Waals surface area contributed by atoms with Gasteiger partial charge in [-0.25, -0.2) is 4.79 Å². The van der Waals surface area contributed by atoms with Gasteiger partial charge in [-0.05, 0) is 53.9 Å². The first-order valence-corrected chi connectivity index (χ1v) is 14.6. The summed E-state index contributed by atoms with van der Waals surface area (Å²) in [5, 5.41) is 1.63. The Bertz CT molecular complexity index is 1390. The average Bonchev–Trinajstić information content (AvgIpc) is 3.26. The highest BCUT2D eigenvalue weighted by molar-refractivity contribution is 8.16. The molecule has 0 saturated carbocycles. The number of amides is 2. The van der Waals surface area contributed by atoms with Gasteiger partial charge in [0.15, 0.2) is 0 Å². The summed E-state index contributed by atoms with van der Waals surface area (Å²) in [5.74, 6) is -0.816. The van der Waals surface area contributed by atoms with E-state index in [0.717, 1.165) is 16.8 Å². The first-order chi connectivity index (χ1) is 20.1. The Hall–Kier alpha value is -4.18. The molecular weight excluding hydrogens is 556 g/mol. The molecule has 9 nitrogen and oxygen atoms in total. The largest absolute Gasteiger partial charge is 0.493 e. The first-order valence-electron chi connectivity index (χ1n) is 13.8. The van der Waals surface area contributed by atoms with E-state index in [-0.39, 0.29) is 31.0 Å². The zero-order valence-electron chi connectivity index (χ0n) is 23.8. The van der Waals surface area contributed by atoms with Crippen molar-refractivity contribution in [1.29, 1.82) is 0 Å². The molecule has 0 bridgehead atoms. The summed E-state index contributed by atoms with van der Waals surface area (Å²) in [7, 11) is 0. The maximum Gasteiger partial charge on any atom is 0.333 e. The Morgan fingerprint density at radius 1 is 0.952 bits per heavy atom. The number of aromatic nitrogens is 1. The fourth-order valence-corrected chi connectivity index (χ4v) is 5.31. The van der Waals surface area contributed by atoms with Crippen LogP contribution in [0.15, 0.2) is 72.9 Å². The summed E-state index contributed by atoms with van der Waals surface area (Å²) in [6, 6.07) is 19.9. The molecule has 0 spiro atoms. The van der Waals surface area contributed by atoms with Crippen LogP contribution >= 0.6 is 11.8 Å². The lowest BCUT2D eigenvalue weighted by molar-refractivity contribution is -0.151. The molecule has 2 amide bonds. The smallest absolute Gasteiger partial charge is 0.333 e. The number of benzene rings is 2. The van der Waals surface area contributed by atoms with E-state index in [1.807, 2.05) is 63.2 Å². The summed E-state index contributed by atoms with van der Waals surface area (Å²) >= 11 is 0.646. The van der Waals surface area contributed by atoms with Crippen molar-refractivity contribution in [3.63, 3.8) is 0 Å². The molecule has 0 radical (unpaired) electrons. The number of rotatable bonds is 13. The number of hydrogen-bond acceptors (Lipinski definition) is 9. The molecule has 220 valence electrons. The quantitative estimate of drug-likeness (QED) is 0.207. The van der Waals surface area contributed by atoms with Crippen molar-refractivity contribution in [3.8, 4) is 5.75 Å². The monoisotopic (exact) mass is 590 g/mol. The van der Waals surface area contributed by atoms with E-state index >= 15 is 0 Å². The van der Waals surface area contributed by atoms with Gasteiger partial charge in [-0.3, -0.25) is 24.7 Å². The number of hydrogen-bond donors (Lipinski definition) is 1. The van der Waals surface area contributed by atoms with Crippen LogP contribution in [-0.2, 0) is 43.3 Å². The Labute approximate surface area is 249 Å².